The number of hydrazine groups is 1. The van der Waals surface area contributed by atoms with Gasteiger partial charge < -0.3 is 4.90 Å². The second kappa shape index (κ2) is 7.12. The number of benzene rings is 2. The number of carbonyl (C=O) groups is 2. The minimum atomic E-state index is -0.342. The number of nitrogens with zero attached hydrogens (tertiary/aromatic N) is 1. The van der Waals surface area contributed by atoms with Gasteiger partial charge >= 0.3 is 0 Å². The molecule has 1 aliphatic heterocycles. The summed E-state index contributed by atoms with van der Waals surface area (Å²) in [5.74, 6) is -0.351. The van der Waals surface area contributed by atoms with E-state index in [-0.39, 0.29) is 11.8 Å². The van der Waals surface area contributed by atoms with Gasteiger partial charge in [0.25, 0.3) is 5.91 Å². The molecular weight excluding hydrogens is 385 g/mol. The highest BCUT2D eigenvalue weighted by atomic mass is 35.5. The van der Waals surface area contributed by atoms with Crippen LogP contribution in [0.25, 0.3) is 0 Å². The van der Waals surface area contributed by atoms with Crippen molar-refractivity contribution in [3.05, 3.63) is 56.5 Å². The molecule has 0 bridgehead atoms. The van der Waals surface area contributed by atoms with Crippen molar-refractivity contribution in [1.29, 1.82) is 0 Å². The van der Waals surface area contributed by atoms with Gasteiger partial charge in [0.15, 0.2) is 0 Å². The average Bonchev–Trinajstić information content (AvgIpc) is 2.96. The van der Waals surface area contributed by atoms with Gasteiger partial charge in [-0.05, 0) is 42.3 Å². The van der Waals surface area contributed by atoms with Crippen molar-refractivity contribution in [2.75, 3.05) is 16.9 Å². The zero-order chi connectivity index (χ0) is 18.1. The molecule has 0 atom stereocenters. The van der Waals surface area contributed by atoms with Crippen molar-refractivity contribution in [3.63, 3.8) is 0 Å². The Morgan fingerprint density at radius 2 is 1.76 bits per heavy atom. The van der Waals surface area contributed by atoms with Crippen LogP contribution in [0.15, 0.2) is 30.3 Å². The smallest absolute Gasteiger partial charge is 0.269 e. The number of hydrogen-bond acceptors (Lipinski definition) is 3. The van der Waals surface area contributed by atoms with Crippen LogP contribution in [0.5, 0.6) is 0 Å². The number of amides is 2. The predicted octanol–water partition coefficient (Wildman–Crippen LogP) is 4.31. The van der Waals surface area contributed by atoms with Gasteiger partial charge in [-0.1, -0.05) is 34.8 Å². The molecule has 0 radical (unpaired) electrons. The highest BCUT2D eigenvalue weighted by Gasteiger charge is 2.23. The number of fused-ring (bicyclic) bond motifs is 1. The summed E-state index contributed by atoms with van der Waals surface area (Å²) < 4.78 is 0. The third kappa shape index (κ3) is 3.68. The predicted molar refractivity (Wildman–Crippen MR) is 101 cm³/mol. The summed E-state index contributed by atoms with van der Waals surface area (Å²) in [6.07, 6.45) is 0.721. The van der Waals surface area contributed by atoms with Crippen LogP contribution in [0, 0.1) is 0 Å². The molecule has 0 spiro atoms. The van der Waals surface area contributed by atoms with Gasteiger partial charge in [-0.3, -0.25) is 20.4 Å². The maximum atomic E-state index is 12.4. The number of anilines is 2. The van der Waals surface area contributed by atoms with E-state index in [1.165, 1.54) is 19.1 Å². The largest absolute Gasteiger partial charge is 0.312 e. The maximum absolute atomic E-state index is 12.4. The first kappa shape index (κ1) is 17.9. The molecule has 1 heterocycles. The van der Waals surface area contributed by atoms with E-state index in [9.17, 15) is 9.59 Å². The third-order valence-corrected chi connectivity index (χ3v) is 4.74. The minimum absolute atomic E-state index is 0.00959. The molecule has 0 fully saturated rings. The summed E-state index contributed by atoms with van der Waals surface area (Å²) in [4.78, 5) is 25.6. The van der Waals surface area contributed by atoms with Gasteiger partial charge in [-0.25, -0.2) is 0 Å². The van der Waals surface area contributed by atoms with Crippen LogP contribution in [-0.4, -0.2) is 18.4 Å². The minimum Gasteiger partial charge on any atom is -0.312 e. The van der Waals surface area contributed by atoms with Gasteiger partial charge in [0, 0.05) is 29.7 Å². The van der Waals surface area contributed by atoms with Crippen LogP contribution in [0.1, 0.15) is 22.8 Å². The number of rotatable bonds is 3. The fourth-order valence-electron chi connectivity index (χ4n) is 2.72. The first-order chi connectivity index (χ1) is 11.9. The standard InChI is InChI=1S/C17H14Cl3N3O2/c1-9(24)23-5-4-10-6-11(2-3-15(10)23)17(25)22-21-16-13(19)7-12(18)8-14(16)20/h2-3,6-8,21H,4-5H2,1H3,(H,22,25). The van der Waals surface area contributed by atoms with Crippen molar-refractivity contribution in [1.82, 2.24) is 5.43 Å². The molecule has 0 aliphatic carbocycles. The quantitative estimate of drug-likeness (QED) is 0.757. The maximum Gasteiger partial charge on any atom is 0.269 e. The van der Waals surface area contributed by atoms with Crippen LogP contribution in [0.2, 0.25) is 15.1 Å². The Hall–Kier alpha value is -1.95. The summed E-state index contributed by atoms with van der Waals surface area (Å²) in [5.41, 5.74) is 7.92. The summed E-state index contributed by atoms with van der Waals surface area (Å²) in [7, 11) is 0. The van der Waals surface area contributed by atoms with E-state index in [0.717, 1.165) is 17.7 Å². The molecule has 0 unspecified atom stereocenters. The lowest BCUT2D eigenvalue weighted by Crippen LogP contribution is -2.29. The number of halogens is 3. The van der Waals surface area contributed by atoms with Crippen molar-refractivity contribution in [2.45, 2.75) is 13.3 Å². The van der Waals surface area contributed by atoms with Gasteiger partial charge in [0.05, 0.1) is 15.7 Å². The fraction of sp³-hybridized carbons (Fsp3) is 0.176. The van der Waals surface area contributed by atoms with Gasteiger partial charge in [-0.15, -0.1) is 0 Å². The molecule has 8 heteroatoms. The molecule has 2 aromatic rings. The molecule has 0 saturated heterocycles. The lowest BCUT2D eigenvalue weighted by molar-refractivity contribution is -0.116. The highest BCUT2D eigenvalue weighted by Crippen LogP contribution is 2.33. The number of nitrogens with one attached hydrogen (secondary N) is 2. The van der Waals surface area contributed by atoms with Gasteiger partial charge in [-0.2, -0.15) is 0 Å². The Labute approximate surface area is 159 Å². The Kier molecular flexibility index (Phi) is 5.08. The molecule has 25 heavy (non-hydrogen) atoms. The molecule has 2 aromatic carbocycles. The molecule has 0 aromatic heterocycles. The lowest BCUT2D eigenvalue weighted by atomic mass is 10.1. The number of carbonyl (C=O) groups excluding carboxylic acids is 2. The van der Waals surface area contributed by atoms with E-state index in [1.807, 2.05) is 0 Å². The van der Waals surface area contributed by atoms with Crippen LogP contribution in [0.3, 0.4) is 0 Å². The normalized spacial score (nSPS) is 12.7. The lowest BCUT2D eigenvalue weighted by Gasteiger charge is -2.15. The van der Waals surface area contributed by atoms with E-state index in [1.54, 1.807) is 23.1 Å². The Balaban J connectivity index is 1.74. The van der Waals surface area contributed by atoms with Crippen molar-refractivity contribution in [3.8, 4) is 0 Å². The molecule has 0 saturated carbocycles. The summed E-state index contributed by atoms with van der Waals surface area (Å²) in [5, 5.41) is 0.994. The number of hydrogen-bond donors (Lipinski definition) is 2. The summed E-state index contributed by atoms with van der Waals surface area (Å²) in [6.45, 7) is 2.16. The van der Waals surface area contributed by atoms with Crippen molar-refractivity contribution < 1.29 is 9.59 Å². The molecule has 1 aliphatic rings. The van der Waals surface area contributed by atoms with Crippen LogP contribution >= 0.6 is 34.8 Å². The molecule has 3 rings (SSSR count). The second-order valence-corrected chi connectivity index (χ2v) is 6.84. The second-order valence-electron chi connectivity index (χ2n) is 5.59. The van der Waals surface area contributed by atoms with E-state index in [2.05, 4.69) is 10.9 Å². The van der Waals surface area contributed by atoms with Crippen LogP contribution in [0.4, 0.5) is 11.4 Å². The summed E-state index contributed by atoms with van der Waals surface area (Å²) >= 11 is 18.0. The topological polar surface area (TPSA) is 61.4 Å². The van der Waals surface area contributed by atoms with E-state index < -0.39 is 0 Å². The Bertz CT molecular complexity index is 847. The molecule has 130 valence electrons. The van der Waals surface area contributed by atoms with Crippen LogP contribution in [-0.2, 0) is 11.2 Å². The third-order valence-electron chi connectivity index (χ3n) is 3.93. The first-order valence-electron chi connectivity index (χ1n) is 7.48. The Morgan fingerprint density at radius 1 is 1.08 bits per heavy atom. The molecule has 5 nitrogen and oxygen atoms in total. The summed E-state index contributed by atoms with van der Waals surface area (Å²) in [6, 6.07) is 8.27. The van der Waals surface area contributed by atoms with Crippen molar-refractivity contribution in [2.24, 2.45) is 0 Å². The molecular formula is C17H14Cl3N3O2. The average molecular weight is 399 g/mol. The van der Waals surface area contributed by atoms with Gasteiger partial charge in [0.2, 0.25) is 5.91 Å². The molecule has 2 amide bonds. The SMILES string of the molecule is CC(=O)N1CCc2cc(C(=O)NNc3c(Cl)cc(Cl)cc3Cl)ccc21. The molecule has 2 N–H and O–H groups in total. The van der Waals surface area contributed by atoms with E-state index in [4.69, 9.17) is 34.8 Å². The van der Waals surface area contributed by atoms with Crippen LogP contribution < -0.4 is 15.8 Å². The Morgan fingerprint density at radius 3 is 2.40 bits per heavy atom. The van der Waals surface area contributed by atoms with E-state index >= 15 is 0 Å². The monoisotopic (exact) mass is 397 g/mol. The zero-order valence-corrected chi connectivity index (χ0v) is 15.5. The van der Waals surface area contributed by atoms with Gasteiger partial charge in [0.1, 0.15) is 0 Å². The van der Waals surface area contributed by atoms with Crippen molar-refractivity contribution >= 4 is 58.0 Å². The van der Waals surface area contributed by atoms with E-state index in [0.29, 0.717) is 32.9 Å². The highest BCUT2D eigenvalue weighted by molar-refractivity contribution is 6.41. The zero-order valence-electron chi connectivity index (χ0n) is 13.2. The first-order valence-corrected chi connectivity index (χ1v) is 8.62. The fourth-order valence-corrected chi connectivity index (χ4v) is 3.63.